The third kappa shape index (κ3) is 4.19. The number of methoxy groups -OCH3 is 1. The normalized spacial score (nSPS) is 11.9. The minimum absolute atomic E-state index is 0.0147. The van der Waals surface area contributed by atoms with Crippen molar-refractivity contribution in [2.75, 3.05) is 20.7 Å². The number of ether oxygens (including phenoxy) is 1. The molecule has 0 fully saturated rings. The van der Waals surface area contributed by atoms with Crippen LogP contribution >= 0.6 is 0 Å². The molecule has 0 aliphatic carbocycles. The second-order valence-electron chi connectivity index (χ2n) is 4.10. The van der Waals surface area contributed by atoms with Crippen molar-refractivity contribution in [1.82, 2.24) is 4.90 Å². The maximum atomic E-state index is 11.1. The molecule has 0 aliphatic rings. The molecule has 0 aromatic heterocycles. The van der Waals surface area contributed by atoms with Crippen molar-refractivity contribution >= 4 is 5.97 Å². The Hall–Kier alpha value is -1.86. The zero-order chi connectivity index (χ0) is 13.4. The van der Waals surface area contributed by atoms with Gasteiger partial charge in [0.05, 0.1) is 26.0 Å². The highest BCUT2D eigenvalue weighted by Crippen LogP contribution is 2.22. The van der Waals surface area contributed by atoms with Crippen molar-refractivity contribution in [3.8, 4) is 6.07 Å². The Kier molecular flexibility index (Phi) is 5.89. The molecule has 0 heterocycles. The molecule has 1 aromatic carbocycles. The molecule has 1 aromatic rings. The summed E-state index contributed by atoms with van der Waals surface area (Å²) in [7, 11) is 3.30. The Balaban J connectivity index is 2.67. The van der Waals surface area contributed by atoms with Crippen molar-refractivity contribution in [2.24, 2.45) is 0 Å². The Morgan fingerprint density at radius 2 is 2.11 bits per heavy atom. The number of hydrogen-bond acceptors (Lipinski definition) is 4. The Bertz CT molecular complexity index is 412. The molecule has 1 rings (SSSR count). The van der Waals surface area contributed by atoms with E-state index in [4.69, 9.17) is 5.26 Å². The molecular formula is C14H18N2O2. The van der Waals surface area contributed by atoms with Crippen LogP contribution in [0.25, 0.3) is 0 Å². The number of rotatable bonds is 6. The molecule has 4 nitrogen and oxygen atoms in total. The monoisotopic (exact) mass is 246 g/mol. The van der Waals surface area contributed by atoms with Crippen LogP contribution in [0.3, 0.4) is 0 Å². The van der Waals surface area contributed by atoms with Gasteiger partial charge in [-0.25, -0.2) is 0 Å². The first-order chi connectivity index (χ1) is 8.69. The van der Waals surface area contributed by atoms with Crippen LogP contribution in [-0.4, -0.2) is 31.6 Å². The van der Waals surface area contributed by atoms with Crippen molar-refractivity contribution in [3.05, 3.63) is 35.9 Å². The van der Waals surface area contributed by atoms with Crippen LogP contribution in [0.5, 0.6) is 0 Å². The molecule has 18 heavy (non-hydrogen) atoms. The number of esters is 1. The Morgan fingerprint density at radius 1 is 1.44 bits per heavy atom. The minimum atomic E-state index is -0.231. The van der Waals surface area contributed by atoms with Gasteiger partial charge in [0, 0.05) is 12.6 Å². The maximum absolute atomic E-state index is 11.1. The predicted molar refractivity (Wildman–Crippen MR) is 68.7 cm³/mol. The van der Waals surface area contributed by atoms with Gasteiger partial charge in [0.25, 0.3) is 0 Å². The van der Waals surface area contributed by atoms with Crippen LogP contribution in [0.15, 0.2) is 30.3 Å². The largest absolute Gasteiger partial charge is 0.469 e. The Labute approximate surface area is 108 Å². The van der Waals surface area contributed by atoms with Crippen LogP contribution in [-0.2, 0) is 9.53 Å². The fraction of sp³-hybridized carbons (Fsp3) is 0.429. The number of nitriles is 1. The summed E-state index contributed by atoms with van der Waals surface area (Å²) in [6.45, 7) is 0.577. The maximum Gasteiger partial charge on any atom is 0.306 e. The van der Waals surface area contributed by atoms with Crippen LogP contribution in [0, 0.1) is 11.3 Å². The number of carbonyl (C=O) groups excluding carboxylic acids is 1. The molecule has 1 unspecified atom stereocenters. The standard InChI is InChI=1S/C14H18N2O2/c1-16(11-9-14(17)18-2)13(8-10-15)12-6-4-3-5-7-12/h3-7,13H,8-9,11H2,1-2H3. The van der Waals surface area contributed by atoms with Gasteiger partial charge in [-0.05, 0) is 12.6 Å². The molecule has 0 saturated carbocycles. The lowest BCUT2D eigenvalue weighted by molar-refractivity contribution is -0.141. The third-order valence-electron chi connectivity index (χ3n) is 2.90. The van der Waals surface area contributed by atoms with Gasteiger partial charge in [0.15, 0.2) is 0 Å². The summed E-state index contributed by atoms with van der Waals surface area (Å²) >= 11 is 0. The number of hydrogen-bond donors (Lipinski definition) is 0. The molecule has 0 spiro atoms. The average molecular weight is 246 g/mol. The SMILES string of the molecule is COC(=O)CCN(C)C(CC#N)c1ccccc1. The highest BCUT2D eigenvalue weighted by atomic mass is 16.5. The minimum Gasteiger partial charge on any atom is -0.469 e. The van der Waals surface area contributed by atoms with E-state index in [2.05, 4.69) is 10.8 Å². The van der Waals surface area contributed by atoms with E-state index in [0.29, 0.717) is 19.4 Å². The van der Waals surface area contributed by atoms with Crippen LogP contribution < -0.4 is 0 Å². The van der Waals surface area contributed by atoms with Gasteiger partial charge in [-0.15, -0.1) is 0 Å². The van der Waals surface area contributed by atoms with Gasteiger partial charge < -0.3 is 4.74 Å². The average Bonchev–Trinajstić information content (AvgIpc) is 2.42. The summed E-state index contributed by atoms with van der Waals surface area (Å²) in [4.78, 5) is 13.1. The van der Waals surface area contributed by atoms with E-state index in [1.165, 1.54) is 7.11 Å². The van der Waals surface area contributed by atoms with Crippen molar-refractivity contribution in [3.63, 3.8) is 0 Å². The molecule has 4 heteroatoms. The van der Waals surface area contributed by atoms with Gasteiger partial charge in [0.2, 0.25) is 0 Å². The Morgan fingerprint density at radius 3 is 2.67 bits per heavy atom. The van der Waals surface area contributed by atoms with Crippen molar-refractivity contribution in [1.29, 1.82) is 5.26 Å². The van der Waals surface area contributed by atoms with Crippen LogP contribution in [0.1, 0.15) is 24.4 Å². The molecule has 0 radical (unpaired) electrons. The number of benzene rings is 1. The molecule has 1 atom stereocenters. The molecule has 0 bridgehead atoms. The number of carbonyl (C=O) groups is 1. The highest BCUT2D eigenvalue weighted by molar-refractivity contribution is 5.69. The third-order valence-corrected chi connectivity index (χ3v) is 2.90. The summed E-state index contributed by atoms with van der Waals surface area (Å²) in [5, 5.41) is 8.90. The van der Waals surface area contributed by atoms with E-state index < -0.39 is 0 Å². The lowest BCUT2D eigenvalue weighted by Crippen LogP contribution is -2.27. The zero-order valence-electron chi connectivity index (χ0n) is 10.8. The second-order valence-corrected chi connectivity index (χ2v) is 4.10. The fourth-order valence-corrected chi connectivity index (χ4v) is 1.82. The molecule has 0 amide bonds. The summed E-state index contributed by atoms with van der Waals surface area (Å²) in [6, 6.07) is 12.0. The fourth-order valence-electron chi connectivity index (χ4n) is 1.82. The van der Waals surface area contributed by atoms with E-state index in [1.54, 1.807) is 0 Å². The van der Waals surface area contributed by atoms with E-state index in [0.717, 1.165) is 5.56 Å². The molecular weight excluding hydrogens is 228 g/mol. The topological polar surface area (TPSA) is 53.3 Å². The van der Waals surface area contributed by atoms with Gasteiger partial charge in [-0.1, -0.05) is 30.3 Å². The smallest absolute Gasteiger partial charge is 0.306 e. The predicted octanol–water partition coefficient (Wildman–Crippen LogP) is 2.14. The lowest BCUT2D eigenvalue weighted by Gasteiger charge is -2.26. The first-order valence-electron chi connectivity index (χ1n) is 5.88. The summed E-state index contributed by atoms with van der Waals surface area (Å²) < 4.78 is 4.62. The molecule has 0 saturated heterocycles. The molecule has 0 aliphatic heterocycles. The van der Waals surface area contributed by atoms with E-state index >= 15 is 0 Å². The summed E-state index contributed by atoms with van der Waals surface area (Å²) in [5.41, 5.74) is 1.09. The van der Waals surface area contributed by atoms with E-state index in [-0.39, 0.29) is 12.0 Å². The van der Waals surface area contributed by atoms with Crippen molar-refractivity contribution < 1.29 is 9.53 Å². The first-order valence-corrected chi connectivity index (χ1v) is 5.88. The quantitative estimate of drug-likeness (QED) is 0.722. The van der Waals surface area contributed by atoms with Gasteiger partial charge in [-0.2, -0.15) is 5.26 Å². The van der Waals surface area contributed by atoms with Crippen LogP contribution in [0.4, 0.5) is 0 Å². The number of nitrogens with zero attached hydrogens (tertiary/aromatic N) is 2. The van der Waals surface area contributed by atoms with E-state index in [1.807, 2.05) is 42.3 Å². The summed E-state index contributed by atoms with van der Waals surface area (Å²) in [6.07, 6.45) is 0.740. The summed E-state index contributed by atoms with van der Waals surface area (Å²) in [5.74, 6) is -0.231. The van der Waals surface area contributed by atoms with Gasteiger partial charge in [-0.3, -0.25) is 9.69 Å². The zero-order valence-corrected chi connectivity index (χ0v) is 10.8. The van der Waals surface area contributed by atoms with Gasteiger partial charge >= 0.3 is 5.97 Å². The molecule has 0 N–H and O–H groups in total. The molecule has 96 valence electrons. The highest BCUT2D eigenvalue weighted by Gasteiger charge is 2.17. The first kappa shape index (κ1) is 14.2. The van der Waals surface area contributed by atoms with Crippen molar-refractivity contribution in [2.45, 2.75) is 18.9 Å². The van der Waals surface area contributed by atoms with E-state index in [9.17, 15) is 4.79 Å². The van der Waals surface area contributed by atoms with Crippen LogP contribution in [0.2, 0.25) is 0 Å². The lowest BCUT2D eigenvalue weighted by atomic mass is 10.0. The van der Waals surface area contributed by atoms with Gasteiger partial charge in [0.1, 0.15) is 0 Å². The second kappa shape index (κ2) is 7.46.